The van der Waals surface area contributed by atoms with Gasteiger partial charge in [-0.15, -0.1) is 6.58 Å². The van der Waals surface area contributed by atoms with Crippen LogP contribution in [0, 0.1) is 0 Å². The highest BCUT2D eigenvalue weighted by atomic mass is 16.1. The third kappa shape index (κ3) is 4.50. The van der Waals surface area contributed by atoms with Gasteiger partial charge in [0.05, 0.1) is 6.54 Å². The highest BCUT2D eigenvalue weighted by molar-refractivity contribution is 5.77. The first-order valence-electron chi connectivity index (χ1n) is 12.4. The molecule has 5 heterocycles. The molecule has 0 atom stereocenters. The quantitative estimate of drug-likeness (QED) is 0.321. The van der Waals surface area contributed by atoms with Gasteiger partial charge in [-0.2, -0.15) is 4.98 Å². The summed E-state index contributed by atoms with van der Waals surface area (Å²) in [4.78, 5) is 38.1. The maximum absolute atomic E-state index is 13.3. The van der Waals surface area contributed by atoms with E-state index in [-0.39, 0.29) is 12.1 Å². The SMILES string of the molecule is C=CCn1c(=O)c2cnc(Nc3ccc(N4CCNCC4)cc3)nc2n1-c1cccc(-c2ncccn2)n1. The van der Waals surface area contributed by atoms with Crippen LogP contribution in [0.4, 0.5) is 17.3 Å². The molecule has 38 heavy (non-hydrogen) atoms. The van der Waals surface area contributed by atoms with Crippen LogP contribution in [-0.4, -0.2) is 60.5 Å². The van der Waals surface area contributed by atoms with Crippen molar-refractivity contribution in [1.82, 2.24) is 39.6 Å². The summed E-state index contributed by atoms with van der Waals surface area (Å²) in [6.07, 6.45) is 6.53. The lowest BCUT2D eigenvalue weighted by atomic mass is 10.2. The smallest absolute Gasteiger partial charge is 0.278 e. The molecule has 0 aliphatic carbocycles. The van der Waals surface area contributed by atoms with Crippen LogP contribution in [0.1, 0.15) is 0 Å². The summed E-state index contributed by atoms with van der Waals surface area (Å²) >= 11 is 0. The molecule has 0 unspecified atom stereocenters. The zero-order valence-electron chi connectivity index (χ0n) is 20.7. The van der Waals surface area contributed by atoms with E-state index in [1.54, 1.807) is 35.4 Å². The second kappa shape index (κ2) is 10.2. The molecule has 0 spiro atoms. The number of nitrogens with zero attached hydrogens (tertiary/aromatic N) is 8. The van der Waals surface area contributed by atoms with Crippen molar-refractivity contribution < 1.29 is 0 Å². The van der Waals surface area contributed by atoms with E-state index in [9.17, 15) is 4.79 Å². The molecular weight excluding hydrogens is 480 g/mol. The molecule has 11 nitrogen and oxygen atoms in total. The number of anilines is 3. The summed E-state index contributed by atoms with van der Waals surface area (Å²) < 4.78 is 3.22. The van der Waals surface area contributed by atoms with E-state index in [2.05, 4.69) is 49.2 Å². The van der Waals surface area contributed by atoms with Crippen LogP contribution >= 0.6 is 0 Å². The Morgan fingerprint density at radius 3 is 2.53 bits per heavy atom. The van der Waals surface area contributed by atoms with Crippen molar-refractivity contribution in [2.24, 2.45) is 0 Å². The minimum Gasteiger partial charge on any atom is -0.369 e. The monoisotopic (exact) mass is 506 g/mol. The average molecular weight is 507 g/mol. The number of hydrogen-bond acceptors (Lipinski definition) is 9. The molecule has 5 aromatic rings. The summed E-state index contributed by atoms with van der Waals surface area (Å²) in [7, 11) is 0. The predicted octanol–water partition coefficient (Wildman–Crippen LogP) is 2.77. The van der Waals surface area contributed by atoms with Crippen molar-refractivity contribution in [1.29, 1.82) is 0 Å². The van der Waals surface area contributed by atoms with Gasteiger partial charge in [0.1, 0.15) is 11.1 Å². The second-order valence-electron chi connectivity index (χ2n) is 8.78. The Morgan fingerprint density at radius 1 is 0.974 bits per heavy atom. The van der Waals surface area contributed by atoms with Gasteiger partial charge >= 0.3 is 0 Å². The molecule has 1 fully saturated rings. The molecule has 0 radical (unpaired) electrons. The fourth-order valence-electron chi connectivity index (χ4n) is 4.51. The second-order valence-corrected chi connectivity index (χ2v) is 8.78. The fraction of sp³-hybridized carbons (Fsp3) is 0.185. The van der Waals surface area contributed by atoms with E-state index in [1.807, 2.05) is 30.3 Å². The molecule has 190 valence electrons. The van der Waals surface area contributed by atoms with Crippen LogP contribution in [0.25, 0.3) is 28.4 Å². The maximum Gasteiger partial charge on any atom is 0.278 e. The third-order valence-electron chi connectivity index (χ3n) is 6.33. The molecule has 1 aliphatic rings. The van der Waals surface area contributed by atoms with Crippen LogP contribution in [0.3, 0.4) is 0 Å². The molecule has 0 amide bonds. The summed E-state index contributed by atoms with van der Waals surface area (Å²) in [5, 5.41) is 7.02. The minimum atomic E-state index is -0.227. The molecule has 6 rings (SSSR count). The molecule has 0 saturated carbocycles. The highest BCUT2D eigenvalue weighted by Crippen LogP contribution is 2.22. The highest BCUT2D eigenvalue weighted by Gasteiger charge is 2.19. The lowest BCUT2D eigenvalue weighted by Crippen LogP contribution is -2.43. The summed E-state index contributed by atoms with van der Waals surface area (Å²) in [6.45, 7) is 8.02. The Hall–Kier alpha value is -4.90. The van der Waals surface area contributed by atoms with Gasteiger partial charge in [0.2, 0.25) is 5.95 Å². The van der Waals surface area contributed by atoms with E-state index < -0.39 is 0 Å². The zero-order chi connectivity index (χ0) is 25.9. The number of pyridine rings is 1. The average Bonchev–Trinajstić information content (AvgIpc) is 3.25. The van der Waals surface area contributed by atoms with Crippen LogP contribution < -0.4 is 21.1 Å². The number of hydrogen-bond donors (Lipinski definition) is 2. The lowest BCUT2D eigenvalue weighted by Gasteiger charge is -2.29. The van der Waals surface area contributed by atoms with Crippen LogP contribution in [0.2, 0.25) is 0 Å². The normalized spacial score (nSPS) is 13.5. The van der Waals surface area contributed by atoms with Gasteiger partial charge in [0.15, 0.2) is 17.3 Å². The molecule has 1 aliphatic heterocycles. The van der Waals surface area contributed by atoms with Crippen LogP contribution in [0.5, 0.6) is 0 Å². The van der Waals surface area contributed by atoms with Crippen molar-refractivity contribution >= 4 is 28.4 Å². The molecular formula is C27H26N10O. The van der Waals surface area contributed by atoms with Crippen molar-refractivity contribution in [3.05, 3.63) is 90.1 Å². The van der Waals surface area contributed by atoms with Crippen molar-refractivity contribution in [3.63, 3.8) is 0 Å². The number of aromatic nitrogens is 7. The first-order chi connectivity index (χ1) is 18.7. The third-order valence-corrected chi connectivity index (χ3v) is 6.33. The predicted molar refractivity (Wildman–Crippen MR) is 147 cm³/mol. The van der Waals surface area contributed by atoms with E-state index >= 15 is 0 Å². The zero-order valence-corrected chi connectivity index (χ0v) is 20.7. The number of fused-ring (bicyclic) bond motifs is 1. The Balaban J connectivity index is 1.38. The standard InChI is InChI=1S/C27H26N10O/c1-2-15-36-26(38)21-18-31-27(32-19-7-9-20(10-8-19)35-16-13-28-14-17-35)34-25(21)37(36)23-6-3-5-22(33-23)24-29-11-4-12-30-24/h2-12,18,28H,1,13-17H2,(H,31,32,34). The molecule has 0 bridgehead atoms. The summed E-state index contributed by atoms with van der Waals surface area (Å²) in [6, 6.07) is 15.4. The van der Waals surface area contributed by atoms with Crippen molar-refractivity contribution in [2.45, 2.75) is 6.54 Å². The van der Waals surface area contributed by atoms with Gasteiger partial charge < -0.3 is 15.5 Å². The summed E-state index contributed by atoms with van der Waals surface area (Å²) in [5.41, 5.74) is 2.82. The molecule has 1 aromatic carbocycles. The van der Waals surface area contributed by atoms with E-state index in [0.29, 0.717) is 34.3 Å². The van der Waals surface area contributed by atoms with Crippen LogP contribution in [0.15, 0.2) is 84.6 Å². The van der Waals surface area contributed by atoms with E-state index in [1.165, 1.54) is 10.4 Å². The molecule has 11 heteroatoms. The Kier molecular flexibility index (Phi) is 6.32. The number of allylic oxidation sites excluding steroid dienone is 1. The number of rotatable bonds is 7. The first kappa shape index (κ1) is 23.5. The van der Waals surface area contributed by atoms with Gasteiger partial charge in [-0.1, -0.05) is 12.1 Å². The molecule has 4 aromatic heterocycles. The van der Waals surface area contributed by atoms with Gasteiger partial charge in [-0.05, 0) is 42.5 Å². The Bertz CT molecular complexity index is 1640. The van der Waals surface area contributed by atoms with Gasteiger partial charge in [0, 0.05) is 56.1 Å². The maximum atomic E-state index is 13.3. The summed E-state index contributed by atoms with van der Waals surface area (Å²) in [5.74, 6) is 1.37. The topological polar surface area (TPSA) is 119 Å². The number of piperazine rings is 1. The van der Waals surface area contributed by atoms with Gasteiger partial charge in [0.25, 0.3) is 5.56 Å². The number of benzene rings is 1. The van der Waals surface area contributed by atoms with E-state index in [0.717, 1.165) is 31.9 Å². The number of nitrogens with one attached hydrogen (secondary N) is 2. The van der Waals surface area contributed by atoms with Crippen LogP contribution in [-0.2, 0) is 6.54 Å². The Morgan fingerprint density at radius 2 is 1.76 bits per heavy atom. The van der Waals surface area contributed by atoms with Gasteiger partial charge in [-0.3, -0.25) is 4.79 Å². The van der Waals surface area contributed by atoms with Crippen molar-refractivity contribution in [3.8, 4) is 17.3 Å². The Labute approximate surface area is 218 Å². The largest absolute Gasteiger partial charge is 0.369 e. The fourth-order valence-corrected chi connectivity index (χ4v) is 4.51. The minimum absolute atomic E-state index is 0.227. The lowest BCUT2D eigenvalue weighted by molar-refractivity contribution is 0.589. The van der Waals surface area contributed by atoms with Crippen molar-refractivity contribution in [2.75, 3.05) is 36.4 Å². The van der Waals surface area contributed by atoms with Gasteiger partial charge in [-0.25, -0.2) is 29.3 Å². The molecule has 2 N–H and O–H groups in total. The molecule has 1 saturated heterocycles. The first-order valence-corrected chi connectivity index (χ1v) is 12.4. The van der Waals surface area contributed by atoms with E-state index in [4.69, 9.17) is 9.97 Å².